The first kappa shape index (κ1) is 19.8. The largest absolute Gasteiger partial charge is 0.450 e. The van der Waals surface area contributed by atoms with Crippen molar-refractivity contribution in [3.8, 4) is 6.07 Å². The van der Waals surface area contributed by atoms with Crippen molar-refractivity contribution < 1.29 is 18.7 Å². The van der Waals surface area contributed by atoms with Gasteiger partial charge in [-0.05, 0) is 31.2 Å². The minimum absolute atomic E-state index is 0.132. The summed E-state index contributed by atoms with van der Waals surface area (Å²) >= 11 is 0. The van der Waals surface area contributed by atoms with Gasteiger partial charge in [0.2, 0.25) is 5.76 Å². The number of fused-ring (bicyclic) bond motifs is 1. The van der Waals surface area contributed by atoms with Crippen molar-refractivity contribution in [1.82, 2.24) is 0 Å². The van der Waals surface area contributed by atoms with E-state index < -0.39 is 18.5 Å². The highest BCUT2D eigenvalue weighted by molar-refractivity contribution is 5.96. The molecule has 1 heterocycles. The number of amides is 1. The first-order valence-corrected chi connectivity index (χ1v) is 8.93. The predicted octanol–water partition coefficient (Wildman–Crippen LogP) is 3.21. The summed E-state index contributed by atoms with van der Waals surface area (Å²) in [4.78, 5) is 38.5. The smallest absolute Gasteiger partial charge is 0.374 e. The normalized spacial score (nSPS) is 10.3. The Labute approximate surface area is 166 Å². The molecule has 0 bridgehead atoms. The van der Waals surface area contributed by atoms with Crippen LogP contribution in [0.5, 0.6) is 0 Å². The lowest BCUT2D eigenvalue weighted by Gasteiger charge is -2.21. The first-order valence-electron chi connectivity index (χ1n) is 8.93. The van der Waals surface area contributed by atoms with Gasteiger partial charge in [-0.25, -0.2) is 4.79 Å². The van der Waals surface area contributed by atoms with Gasteiger partial charge >= 0.3 is 5.97 Å². The number of carbonyl (C=O) groups excluding carboxylic acids is 2. The number of aryl methyl sites for hydroxylation is 1. The lowest BCUT2D eigenvalue weighted by Crippen LogP contribution is -2.35. The van der Waals surface area contributed by atoms with E-state index in [-0.39, 0.29) is 29.7 Å². The van der Waals surface area contributed by atoms with Crippen molar-refractivity contribution in [1.29, 1.82) is 5.26 Å². The molecule has 0 fully saturated rings. The second-order valence-electron chi connectivity index (χ2n) is 6.34. The van der Waals surface area contributed by atoms with Crippen molar-refractivity contribution in [2.24, 2.45) is 0 Å². The van der Waals surface area contributed by atoms with Gasteiger partial charge in [0.1, 0.15) is 5.58 Å². The highest BCUT2D eigenvalue weighted by Gasteiger charge is 2.20. The third kappa shape index (κ3) is 4.68. The minimum Gasteiger partial charge on any atom is -0.450 e. The maximum Gasteiger partial charge on any atom is 0.374 e. The van der Waals surface area contributed by atoms with Gasteiger partial charge in [-0.15, -0.1) is 0 Å². The van der Waals surface area contributed by atoms with Gasteiger partial charge < -0.3 is 14.1 Å². The van der Waals surface area contributed by atoms with Gasteiger partial charge in [-0.2, -0.15) is 5.26 Å². The number of hydrogen-bond acceptors (Lipinski definition) is 6. The molecule has 0 aliphatic carbocycles. The number of hydrogen-bond donors (Lipinski definition) is 0. The predicted molar refractivity (Wildman–Crippen MR) is 107 cm³/mol. The molecule has 0 saturated heterocycles. The Bertz CT molecular complexity index is 1150. The molecular formula is C22H18N2O5. The van der Waals surface area contributed by atoms with E-state index in [1.54, 1.807) is 48.5 Å². The van der Waals surface area contributed by atoms with Crippen LogP contribution in [0.25, 0.3) is 11.0 Å². The number of ether oxygens (including phenoxy) is 1. The van der Waals surface area contributed by atoms with E-state index in [9.17, 15) is 14.4 Å². The zero-order valence-electron chi connectivity index (χ0n) is 15.8. The van der Waals surface area contributed by atoms with Crippen LogP contribution in [0.15, 0.2) is 63.8 Å². The fourth-order valence-electron chi connectivity index (χ4n) is 2.81. The summed E-state index contributed by atoms with van der Waals surface area (Å²) in [5.41, 5.74) is 1.38. The van der Waals surface area contributed by atoms with Crippen molar-refractivity contribution >= 4 is 28.5 Å². The topological polar surface area (TPSA) is 101 Å². The molecule has 0 N–H and O–H groups in total. The summed E-state index contributed by atoms with van der Waals surface area (Å²) in [6.45, 7) is 1.47. The fraction of sp³-hybridized carbons (Fsp3) is 0.182. The molecule has 0 aliphatic heterocycles. The number of rotatable bonds is 6. The molecule has 3 rings (SSSR count). The Morgan fingerprint density at radius 1 is 1.14 bits per heavy atom. The van der Waals surface area contributed by atoms with Crippen molar-refractivity contribution in [3.63, 3.8) is 0 Å². The van der Waals surface area contributed by atoms with Crippen molar-refractivity contribution in [2.45, 2.75) is 13.3 Å². The molecule has 7 nitrogen and oxygen atoms in total. The van der Waals surface area contributed by atoms with Crippen LogP contribution < -0.4 is 10.3 Å². The van der Waals surface area contributed by atoms with Crippen LogP contribution in [0, 0.1) is 18.3 Å². The van der Waals surface area contributed by atoms with Gasteiger partial charge in [-0.1, -0.05) is 29.8 Å². The molecule has 146 valence electrons. The third-order valence-electron chi connectivity index (χ3n) is 4.23. The van der Waals surface area contributed by atoms with Crippen molar-refractivity contribution in [3.05, 3.63) is 76.1 Å². The van der Waals surface area contributed by atoms with E-state index in [1.807, 2.05) is 13.0 Å². The molecule has 2 aromatic carbocycles. The standard InChI is InChI=1S/C22H18N2O5/c1-15-8-9-19-17(12-15)18(25)13-20(29-19)22(27)28-14-21(26)24(11-5-10-23)16-6-3-2-4-7-16/h2-4,6-9,12-13H,5,11,14H2,1H3. The number of esters is 1. The van der Waals surface area contributed by atoms with Crippen LogP contribution in [0.3, 0.4) is 0 Å². The van der Waals surface area contributed by atoms with E-state index >= 15 is 0 Å². The summed E-state index contributed by atoms with van der Waals surface area (Å²) in [5.74, 6) is -1.67. The number of benzene rings is 2. The maximum absolute atomic E-state index is 12.5. The summed E-state index contributed by atoms with van der Waals surface area (Å²) in [6.07, 6.45) is 0.132. The van der Waals surface area contributed by atoms with Crippen LogP contribution >= 0.6 is 0 Å². The van der Waals surface area contributed by atoms with E-state index in [0.29, 0.717) is 11.1 Å². The summed E-state index contributed by atoms with van der Waals surface area (Å²) in [7, 11) is 0. The highest BCUT2D eigenvalue weighted by Crippen LogP contribution is 2.16. The van der Waals surface area contributed by atoms with Crippen LogP contribution in [0.1, 0.15) is 22.5 Å². The number of nitriles is 1. The maximum atomic E-state index is 12.5. The summed E-state index contributed by atoms with van der Waals surface area (Å²) in [5, 5.41) is 9.19. The molecule has 3 aromatic rings. The van der Waals surface area contributed by atoms with Gasteiger partial charge in [0.15, 0.2) is 12.0 Å². The molecule has 1 aromatic heterocycles. The number of anilines is 1. The Hall–Kier alpha value is -3.92. The SMILES string of the molecule is Cc1ccc2oc(C(=O)OCC(=O)N(CCC#N)c3ccccc3)cc(=O)c2c1. The quantitative estimate of drug-likeness (QED) is 0.599. The second-order valence-corrected chi connectivity index (χ2v) is 6.34. The molecule has 1 amide bonds. The lowest BCUT2D eigenvalue weighted by molar-refractivity contribution is -0.121. The summed E-state index contributed by atoms with van der Waals surface area (Å²) < 4.78 is 10.5. The van der Waals surface area contributed by atoms with E-state index in [2.05, 4.69) is 0 Å². The molecule has 29 heavy (non-hydrogen) atoms. The van der Waals surface area contributed by atoms with Crippen LogP contribution in [0.4, 0.5) is 5.69 Å². The van der Waals surface area contributed by atoms with Crippen LogP contribution in [-0.2, 0) is 9.53 Å². The fourth-order valence-corrected chi connectivity index (χ4v) is 2.81. The van der Waals surface area contributed by atoms with Crippen molar-refractivity contribution in [2.75, 3.05) is 18.1 Å². The first-order chi connectivity index (χ1) is 14.0. The van der Waals surface area contributed by atoms with Crippen LogP contribution in [-0.4, -0.2) is 25.0 Å². The average molecular weight is 390 g/mol. The average Bonchev–Trinajstić information content (AvgIpc) is 2.73. The highest BCUT2D eigenvalue weighted by atomic mass is 16.5. The van der Waals surface area contributed by atoms with E-state index in [0.717, 1.165) is 11.6 Å². The molecule has 0 saturated carbocycles. The molecular weight excluding hydrogens is 372 g/mol. The van der Waals surface area contributed by atoms with Gasteiger partial charge in [0, 0.05) is 18.3 Å². The second kappa shape index (κ2) is 8.85. The number of para-hydroxylation sites is 1. The number of nitrogens with zero attached hydrogens (tertiary/aromatic N) is 2. The minimum atomic E-state index is -0.911. The lowest BCUT2D eigenvalue weighted by atomic mass is 10.1. The van der Waals surface area contributed by atoms with Gasteiger partial charge in [-0.3, -0.25) is 9.59 Å². The van der Waals surface area contributed by atoms with Crippen LogP contribution in [0.2, 0.25) is 0 Å². The zero-order valence-corrected chi connectivity index (χ0v) is 15.8. The monoisotopic (exact) mass is 390 g/mol. The zero-order chi connectivity index (χ0) is 20.8. The number of carbonyl (C=O) groups is 2. The van der Waals surface area contributed by atoms with Gasteiger partial charge in [0.05, 0.1) is 17.9 Å². The molecule has 0 radical (unpaired) electrons. The molecule has 0 atom stereocenters. The Morgan fingerprint density at radius 3 is 2.62 bits per heavy atom. The Balaban J connectivity index is 1.74. The summed E-state index contributed by atoms with van der Waals surface area (Å²) in [6, 6.07) is 16.9. The molecule has 7 heteroatoms. The third-order valence-corrected chi connectivity index (χ3v) is 4.23. The Morgan fingerprint density at radius 2 is 1.90 bits per heavy atom. The molecule has 0 unspecified atom stereocenters. The van der Waals surface area contributed by atoms with E-state index in [1.165, 1.54) is 4.90 Å². The Kier molecular flexibility index (Phi) is 6.05. The molecule has 0 spiro atoms. The molecule has 0 aliphatic rings. The van der Waals surface area contributed by atoms with Gasteiger partial charge in [0.25, 0.3) is 5.91 Å². The van der Waals surface area contributed by atoms with E-state index in [4.69, 9.17) is 14.4 Å².